The predicted octanol–water partition coefficient (Wildman–Crippen LogP) is 1.36. The number of nitrogens with zero attached hydrogens (tertiary/aromatic N) is 2. The Labute approximate surface area is 121 Å². The first-order chi connectivity index (χ1) is 8.68. The molecule has 1 saturated heterocycles. The fourth-order valence-corrected chi connectivity index (χ4v) is 2.38. The van der Waals surface area contributed by atoms with Gasteiger partial charge in [0.1, 0.15) is 0 Å². The predicted molar refractivity (Wildman–Crippen MR) is 78.3 cm³/mol. The van der Waals surface area contributed by atoms with Gasteiger partial charge in [-0.05, 0) is 36.6 Å². The highest BCUT2D eigenvalue weighted by molar-refractivity contribution is 5.85. The number of aromatic nitrogens is 1. The molecule has 1 amide bonds. The number of carbonyl (C=O) groups is 1. The zero-order chi connectivity index (χ0) is 13.0. The molecular formula is C14H22ClN3O. The van der Waals surface area contributed by atoms with Gasteiger partial charge in [-0.1, -0.05) is 6.92 Å². The number of hydrogen-bond donors (Lipinski definition) is 1. The minimum Gasteiger partial charge on any atom is -0.345 e. The fraction of sp³-hybridized carbons (Fsp3) is 0.571. The molecule has 5 heteroatoms. The topological polar surface area (TPSA) is 45.2 Å². The molecule has 2 heterocycles. The molecule has 106 valence electrons. The summed E-state index contributed by atoms with van der Waals surface area (Å²) < 4.78 is 0. The molecule has 1 N–H and O–H groups in total. The average molecular weight is 284 g/mol. The molecule has 0 bridgehead atoms. The van der Waals surface area contributed by atoms with E-state index in [9.17, 15) is 4.79 Å². The Hall–Kier alpha value is -1.13. The van der Waals surface area contributed by atoms with Crippen LogP contribution in [-0.4, -0.2) is 42.5 Å². The van der Waals surface area contributed by atoms with Gasteiger partial charge in [0.25, 0.3) is 0 Å². The van der Waals surface area contributed by atoms with Gasteiger partial charge in [0, 0.05) is 32.5 Å². The van der Waals surface area contributed by atoms with Crippen molar-refractivity contribution in [3.63, 3.8) is 0 Å². The SMILES string of the molecule is C[C@@H]1CNC[C@H]1C(=O)N(C)CCc1ccncc1.Cl. The lowest BCUT2D eigenvalue weighted by molar-refractivity contribution is -0.134. The summed E-state index contributed by atoms with van der Waals surface area (Å²) in [6.07, 6.45) is 4.47. The van der Waals surface area contributed by atoms with Crippen molar-refractivity contribution in [2.45, 2.75) is 13.3 Å². The Bertz CT molecular complexity index is 399. The smallest absolute Gasteiger partial charge is 0.227 e. The van der Waals surface area contributed by atoms with Crippen molar-refractivity contribution in [3.8, 4) is 0 Å². The van der Waals surface area contributed by atoms with Crippen molar-refractivity contribution in [2.24, 2.45) is 11.8 Å². The lowest BCUT2D eigenvalue weighted by atomic mass is 9.96. The standard InChI is InChI=1S/C14H21N3O.ClH/c1-11-9-16-10-13(11)14(18)17(2)8-5-12-3-6-15-7-4-12;/h3-4,6-7,11,13,16H,5,8-10H2,1-2H3;1H/t11-,13-;/m1./s1. The summed E-state index contributed by atoms with van der Waals surface area (Å²) >= 11 is 0. The van der Waals surface area contributed by atoms with Crippen molar-refractivity contribution in [1.82, 2.24) is 15.2 Å². The van der Waals surface area contributed by atoms with Crippen LogP contribution in [0.15, 0.2) is 24.5 Å². The quantitative estimate of drug-likeness (QED) is 0.908. The Balaban J connectivity index is 0.00000180. The van der Waals surface area contributed by atoms with Crippen LogP contribution in [0.25, 0.3) is 0 Å². The lowest BCUT2D eigenvalue weighted by Gasteiger charge is -2.22. The zero-order valence-corrected chi connectivity index (χ0v) is 12.3. The molecule has 19 heavy (non-hydrogen) atoms. The molecule has 2 atom stereocenters. The summed E-state index contributed by atoms with van der Waals surface area (Å²) in [4.78, 5) is 18.1. The monoisotopic (exact) mass is 283 g/mol. The van der Waals surface area contributed by atoms with E-state index in [-0.39, 0.29) is 24.2 Å². The van der Waals surface area contributed by atoms with Gasteiger partial charge in [-0.15, -0.1) is 12.4 Å². The summed E-state index contributed by atoms with van der Waals surface area (Å²) in [6.45, 7) is 4.68. The van der Waals surface area contributed by atoms with Crippen LogP contribution in [0.3, 0.4) is 0 Å². The van der Waals surface area contributed by atoms with Crippen LogP contribution in [0.4, 0.5) is 0 Å². The minimum atomic E-state index is 0. The summed E-state index contributed by atoms with van der Waals surface area (Å²) in [6, 6.07) is 4.00. The number of amides is 1. The molecule has 1 aromatic rings. The number of hydrogen-bond acceptors (Lipinski definition) is 3. The van der Waals surface area contributed by atoms with Crippen LogP contribution >= 0.6 is 12.4 Å². The largest absolute Gasteiger partial charge is 0.345 e. The molecule has 1 aliphatic rings. The number of nitrogens with one attached hydrogen (secondary N) is 1. The first kappa shape index (κ1) is 15.9. The van der Waals surface area contributed by atoms with E-state index in [1.165, 1.54) is 5.56 Å². The number of pyridine rings is 1. The highest BCUT2D eigenvalue weighted by Crippen LogP contribution is 2.18. The minimum absolute atomic E-state index is 0. The molecule has 0 aliphatic carbocycles. The third-order valence-corrected chi connectivity index (χ3v) is 3.70. The van der Waals surface area contributed by atoms with Crippen molar-refractivity contribution in [1.29, 1.82) is 0 Å². The first-order valence-corrected chi connectivity index (χ1v) is 6.53. The summed E-state index contributed by atoms with van der Waals surface area (Å²) in [7, 11) is 1.90. The van der Waals surface area contributed by atoms with E-state index in [1.807, 2.05) is 24.1 Å². The summed E-state index contributed by atoms with van der Waals surface area (Å²) in [5.74, 6) is 0.856. The van der Waals surface area contributed by atoms with Crippen LogP contribution in [0, 0.1) is 11.8 Å². The average Bonchev–Trinajstić information content (AvgIpc) is 2.82. The number of halogens is 1. The van der Waals surface area contributed by atoms with E-state index >= 15 is 0 Å². The van der Waals surface area contributed by atoms with E-state index < -0.39 is 0 Å². The molecule has 0 aromatic carbocycles. The third-order valence-electron chi connectivity index (χ3n) is 3.70. The second-order valence-electron chi connectivity index (χ2n) is 5.11. The van der Waals surface area contributed by atoms with Crippen LogP contribution < -0.4 is 5.32 Å². The van der Waals surface area contributed by atoms with Gasteiger partial charge in [-0.3, -0.25) is 9.78 Å². The zero-order valence-electron chi connectivity index (χ0n) is 11.5. The Morgan fingerprint density at radius 1 is 1.42 bits per heavy atom. The molecule has 4 nitrogen and oxygen atoms in total. The van der Waals surface area contributed by atoms with Gasteiger partial charge < -0.3 is 10.2 Å². The molecule has 1 aliphatic heterocycles. The maximum atomic E-state index is 12.3. The van der Waals surface area contributed by atoms with Crippen molar-refractivity contribution < 1.29 is 4.79 Å². The summed E-state index contributed by atoms with van der Waals surface area (Å²) in [5.41, 5.74) is 1.22. The Kier molecular flexibility index (Phi) is 6.25. The first-order valence-electron chi connectivity index (χ1n) is 6.53. The third kappa shape index (κ3) is 4.18. The lowest BCUT2D eigenvalue weighted by Crippen LogP contribution is -2.37. The fourth-order valence-electron chi connectivity index (χ4n) is 2.38. The second-order valence-corrected chi connectivity index (χ2v) is 5.11. The van der Waals surface area contributed by atoms with Gasteiger partial charge in [-0.2, -0.15) is 0 Å². The van der Waals surface area contributed by atoms with Crippen molar-refractivity contribution >= 4 is 18.3 Å². The van der Waals surface area contributed by atoms with Crippen LogP contribution in [0.5, 0.6) is 0 Å². The molecule has 1 fully saturated rings. The van der Waals surface area contributed by atoms with Gasteiger partial charge >= 0.3 is 0 Å². The van der Waals surface area contributed by atoms with Crippen LogP contribution in [0.2, 0.25) is 0 Å². The van der Waals surface area contributed by atoms with Gasteiger partial charge in [-0.25, -0.2) is 0 Å². The normalized spacial score (nSPS) is 21.8. The van der Waals surface area contributed by atoms with E-state index in [2.05, 4.69) is 17.2 Å². The van der Waals surface area contributed by atoms with Gasteiger partial charge in [0.15, 0.2) is 0 Å². The molecule has 0 unspecified atom stereocenters. The molecular weight excluding hydrogens is 262 g/mol. The Morgan fingerprint density at radius 2 is 2.11 bits per heavy atom. The van der Waals surface area contributed by atoms with E-state index in [1.54, 1.807) is 12.4 Å². The number of likely N-dealkylation sites (N-methyl/N-ethyl adjacent to an activating group) is 1. The van der Waals surface area contributed by atoms with Crippen molar-refractivity contribution in [3.05, 3.63) is 30.1 Å². The highest BCUT2D eigenvalue weighted by atomic mass is 35.5. The molecule has 2 rings (SSSR count). The number of carbonyl (C=O) groups excluding carboxylic acids is 1. The maximum Gasteiger partial charge on any atom is 0.227 e. The van der Waals surface area contributed by atoms with Crippen LogP contribution in [-0.2, 0) is 11.2 Å². The van der Waals surface area contributed by atoms with E-state index in [4.69, 9.17) is 0 Å². The summed E-state index contributed by atoms with van der Waals surface area (Å²) in [5, 5.41) is 3.28. The molecule has 0 spiro atoms. The van der Waals surface area contributed by atoms with E-state index in [0.29, 0.717) is 5.92 Å². The van der Waals surface area contributed by atoms with Gasteiger partial charge in [0.05, 0.1) is 5.92 Å². The van der Waals surface area contributed by atoms with Gasteiger partial charge in [0.2, 0.25) is 5.91 Å². The second kappa shape index (κ2) is 7.46. The molecule has 0 saturated carbocycles. The Morgan fingerprint density at radius 3 is 2.68 bits per heavy atom. The van der Waals surface area contributed by atoms with Crippen molar-refractivity contribution in [2.75, 3.05) is 26.7 Å². The number of rotatable bonds is 4. The maximum absolute atomic E-state index is 12.3. The molecule has 0 radical (unpaired) electrons. The van der Waals surface area contributed by atoms with Crippen LogP contribution in [0.1, 0.15) is 12.5 Å². The van der Waals surface area contributed by atoms with E-state index in [0.717, 1.165) is 26.1 Å². The molecule has 1 aromatic heterocycles. The highest BCUT2D eigenvalue weighted by Gasteiger charge is 2.31.